The first-order valence-electron chi connectivity index (χ1n) is 6.70. The van der Waals surface area contributed by atoms with Crippen molar-refractivity contribution < 1.29 is 9.66 Å². The molecular formula is C14H19BrN2O3. The van der Waals surface area contributed by atoms with Crippen LogP contribution in [0.5, 0.6) is 5.75 Å². The Morgan fingerprint density at radius 1 is 1.55 bits per heavy atom. The van der Waals surface area contributed by atoms with Gasteiger partial charge in [0.25, 0.3) is 0 Å². The number of hydrogen-bond donors (Lipinski definition) is 1. The van der Waals surface area contributed by atoms with Crippen LogP contribution < -0.4 is 10.1 Å². The van der Waals surface area contributed by atoms with Crippen molar-refractivity contribution >= 4 is 21.6 Å². The van der Waals surface area contributed by atoms with E-state index in [-0.39, 0.29) is 17.2 Å². The smallest absolute Gasteiger partial charge is 0.312 e. The molecule has 110 valence electrons. The topological polar surface area (TPSA) is 64.4 Å². The number of nitrogens with zero attached hydrogens (tertiary/aromatic N) is 1. The minimum absolute atomic E-state index is 0.00192. The molecule has 1 aliphatic carbocycles. The van der Waals surface area contributed by atoms with Gasteiger partial charge in [-0.1, -0.05) is 26.8 Å². The van der Waals surface area contributed by atoms with Crippen LogP contribution in [-0.4, -0.2) is 23.6 Å². The van der Waals surface area contributed by atoms with Crippen LogP contribution in [-0.2, 0) is 0 Å². The van der Waals surface area contributed by atoms with Crippen LogP contribution in [0.2, 0.25) is 0 Å². The summed E-state index contributed by atoms with van der Waals surface area (Å²) < 4.78 is 6.56. The Labute approximate surface area is 127 Å². The Balaban J connectivity index is 2.18. The van der Waals surface area contributed by atoms with Crippen molar-refractivity contribution in [2.75, 3.05) is 6.54 Å². The first-order chi connectivity index (χ1) is 9.37. The molecule has 1 fully saturated rings. The number of benzene rings is 1. The second kappa shape index (κ2) is 5.69. The molecule has 2 atom stereocenters. The summed E-state index contributed by atoms with van der Waals surface area (Å²) in [5, 5.41) is 14.5. The number of nitro groups is 1. The second-order valence-electron chi connectivity index (χ2n) is 5.62. The van der Waals surface area contributed by atoms with Crippen molar-refractivity contribution in [3.63, 3.8) is 0 Å². The summed E-state index contributed by atoms with van der Waals surface area (Å²) in [6.45, 7) is 7.23. The molecule has 0 bridgehead atoms. The summed E-state index contributed by atoms with van der Waals surface area (Å²) in [7, 11) is 0. The summed E-state index contributed by atoms with van der Waals surface area (Å²) in [4.78, 5) is 10.7. The molecular weight excluding hydrogens is 324 g/mol. The van der Waals surface area contributed by atoms with Gasteiger partial charge in [-0.15, -0.1) is 0 Å². The number of nitrogens with one attached hydrogen (secondary N) is 1. The van der Waals surface area contributed by atoms with Gasteiger partial charge in [0, 0.05) is 23.9 Å². The first kappa shape index (κ1) is 15.3. The standard InChI is InChI=1S/C14H19BrN2O3/c1-4-16-11-8-12(14(11,2)3)20-13-9(15)6-5-7-10(13)17(18)19/h5-7,11-12,16H,4,8H2,1-3H3. The molecule has 0 saturated heterocycles. The zero-order chi connectivity index (χ0) is 14.9. The SMILES string of the molecule is CCNC1CC(Oc2c(Br)cccc2[N+](=O)[O-])C1(C)C. The van der Waals surface area contributed by atoms with Gasteiger partial charge in [-0.2, -0.15) is 0 Å². The Hall–Kier alpha value is -1.14. The average Bonchev–Trinajstić information content (AvgIpc) is 2.39. The second-order valence-corrected chi connectivity index (χ2v) is 6.47. The highest BCUT2D eigenvalue weighted by molar-refractivity contribution is 9.10. The maximum absolute atomic E-state index is 11.1. The molecule has 1 aromatic rings. The largest absolute Gasteiger partial charge is 0.482 e. The Kier molecular flexibility index (Phi) is 4.34. The van der Waals surface area contributed by atoms with Crippen molar-refractivity contribution in [1.82, 2.24) is 5.32 Å². The van der Waals surface area contributed by atoms with E-state index >= 15 is 0 Å². The summed E-state index contributed by atoms with van der Waals surface area (Å²) in [5.74, 6) is 0.325. The monoisotopic (exact) mass is 342 g/mol. The van der Waals surface area contributed by atoms with Crippen molar-refractivity contribution in [1.29, 1.82) is 0 Å². The molecule has 0 radical (unpaired) electrons. The van der Waals surface area contributed by atoms with Crippen molar-refractivity contribution in [2.45, 2.75) is 39.3 Å². The molecule has 0 heterocycles. The van der Waals surface area contributed by atoms with Gasteiger partial charge in [-0.05, 0) is 28.5 Å². The summed E-state index contributed by atoms with van der Waals surface area (Å²) in [5.41, 5.74) is -0.0406. The highest BCUT2D eigenvalue weighted by Crippen LogP contribution is 2.46. The quantitative estimate of drug-likeness (QED) is 0.656. The van der Waals surface area contributed by atoms with E-state index in [1.807, 2.05) is 0 Å². The fourth-order valence-electron chi connectivity index (χ4n) is 2.58. The third kappa shape index (κ3) is 2.67. The van der Waals surface area contributed by atoms with Crippen LogP contribution in [0.15, 0.2) is 22.7 Å². The van der Waals surface area contributed by atoms with E-state index in [9.17, 15) is 10.1 Å². The highest BCUT2D eigenvalue weighted by Gasteiger charge is 2.50. The number of halogens is 1. The van der Waals surface area contributed by atoms with Gasteiger partial charge >= 0.3 is 5.69 Å². The fraction of sp³-hybridized carbons (Fsp3) is 0.571. The lowest BCUT2D eigenvalue weighted by Crippen LogP contribution is -2.62. The molecule has 2 unspecified atom stereocenters. The van der Waals surface area contributed by atoms with Gasteiger partial charge in [0.1, 0.15) is 6.10 Å². The van der Waals surface area contributed by atoms with E-state index in [1.165, 1.54) is 6.07 Å². The van der Waals surface area contributed by atoms with Gasteiger partial charge in [-0.3, -0.25) is 10.1 Å². The third-order valence-electron chi connectivity index (χ3n) is 4.03. The number of rotatable bonds is 5. The van der Waals surface area contributed by atoms with E-state index in [2.05, 4.69) is 42.0 Å². The molecule has 2 rings (SSSR count). The molecule has 6 heteroatoms. The van der Waals surface area contributed by atoms with Gasteiger partial charge in [0.15, 0.2) is 0 Å². The van der Waals surface area contributed by atoms with Gasteiger partial charge in [0.2, 0.25) is 5.75 Å². The fourth-order valence-corrected chi connectivity index (χ4v) is 3.03. The van der Waals surface area contributed by atoms with Crippen LogP contribution in [0.4, 0.5) is 5.69 Å². The number of para-hydroxylation sites is 1. The van der Waals surface area contributed by atoms with Crippen molar-refractivity contribution in [3.05, 3.63) is 32.8 Å². The van der Waals surface area contributed by atoms with Gasteiger partial charge < -0.3 is 10.1 Å². The summed E-state index contributed by atoms with van der Waals surface area (Å²) in [6, 6.07) is 5.25. The average molecular weight is 343 g/mol. The molecule has 0 spiro atoms. The summed E-state index contributed by atoms with van der Waals surface area (Å²) >= 11 is 3.34. The number of hydrogen-bond acceptors (Lipinski definition) is 4. The molecule has 1 N–H and O–H groups in total. The third-order valence-corrected chi connectivity index (χ3v) is 4.66. The normalized spacial score (nSPS) is 24.0. The minimum Gasteiger partial charge on any atom is -0.482 e. The van der Waals surface area contributed by atoms with Gasteiger partial charge in [0.05, 0.1) is 9.40 Å². The van der Waals surface area contributed by atoms with Gasteiger partial charge in [-0.25, -0.2) is 0 Å². The van der Waals surface area contributed by atoms with E-state index in [0.29, 0.717) is 16.3 Å². The lowest BCUT2D eigenvalue weighted by molar-refractivity contribution is -0.386. The molecule has 0 aliphatic heterocycles. The zero-order valence-electron chi connectivity index (χ0n) is 11.9. The summed E-state index contributed by atoms with van der Waals surface area (Å²) in [6.07, 6.45) is 0.836. The molecule has 1 aliphatic rings. The van der Waals surface area contributed by atoms with Crippen LogP contribution in [0.25, 0.3) is 0 Å². The van der Waals surface area contributed by atoms with E-state index in [0.717, 1.165) is 13.0 Å². The Morgan fingerprint density at radius 2 is 2.25 bits per heavy atom. The highest BCUT2D eigenvalue weighted by atomic mass is 79.9. The Morgan fingerprint density at radius 3 is 2.80 bits per heavy atom. The molecule has 20 heavy (non-hydrogen) atoms. The minimum atomic E-state index is -0.409. The molecule has 0 aromatic heterocycles. The molecule has 5 nitrogen and oxygen atoms in total. The van der Waals surface area contributed by atoms with Crippen LogP contribution >= 0.6 is 15.9 Å². The van der Waals surface area contributed by atoms with Crippen LogP contribution in [0, 0.1) is 15.5 Å². The molecule has 1 saturated carbocycles. The van der Waals surface area contributed by atoms with E-state index in [1.54, 1.807) is 12.1 Å². The maximum atomic E-state index is 11.1. The number of ether oxygens (including phenoxy) is 1. The Bertz CT molecular complexity index is 519. The van der Waals surface area contributed by atoms with E-state index in [4.69, 9.17) is 4.74 Å². The van der Waals surface area contributed by atoms with Crippen molar-refractivity contribution in [3.8, 4) is 5.75 Å². The predicted molar refractivity (Wildman–Crippen MR) is 81.1 cm³/mol. The van der Waals surface area contributed by atoms with Crippen LogP contribution in [0.1, 0.15) is 27.2 Å². The lowest BCUT2D eigenvalue weighted by atomic mass is 9.64. The van der Waals surface area contributed by atoms with Crippen molar-refractivity contribution in [2.24, 2.45) is 5.41 Å². The van der Waals surface area contributed by atoms with Crippen LogP contribution in [0.3, 0.4) is 0 Å². The molecule has 1 aromatic carbocycles. The number of nitro benzene ring substituents is 1. The van der Waals surface area contributed by atoms with E-state index < -0.39 is 4.92 Å². The molecule has 0 amide bonds. The first-order valence-corrected chi connectivity index (χ1v) is 7.50. The zero-order valence-corrected chi connectivity index (χ0v) is 13.4. The maximum Gasteiger partial charge on any atom is 0.312 e. The predicted octanol–water partition coefficient (Wildman–Crippen LogP) is 3.51. The lowest BCUT2D eigenvalue weighted by Gasteiger charge is -2.51.